The molecule has 0 saturated carbocycles. The predicted molar refractivity (Wildman–Crippen MR) is 478 cm³/mol. The summed E-state index contributed by atoms with van der Waals surface area (Å²) in [5.41, 5.74) is 3.05. The maximum atomic E-state index is 13.7. The van der Waals surface area contributed by atoms with Gasteiger partial charge in [0.05, 0.1) is 7.18 Å². The number of nitrogens with one attached hydrogen (secondary N) is 1. The Labute approximate surface area is 838 Å². The fourth-order valence-corrected chi connectivity index (χ4v) is 41.0. The van der Waals surface area contributed by atoms with Crippen molar-refractivity contribution < 1.29 is 263 Å². The number of carbonyl (C=O) groups is 4. The van der Waals surface area contributed by atoms with Crippen LogP contribution in [0.2, 0.25) is 101 Å². The second-order valence-corrected chi connectivity index (χ2v) is 57.1. The molecule has 20 nitrogen and oxygen atoms in total. The van der Waals surface area contributed by atoms with E-state index in [1.807, 2.05) is 43.2 Å². The van der Waals surface area contributed by atoms with Crippen molar-refractivity contribution in [1.29, 1.82) is 0 Å². The molecule has 0 aliphatic carbocycles. The predicted octanol–water partition coefficient (Wildman–Crippen LogP) is 27.5. The number of anilines is 2. The molecule has 4 fully saturated rings. The number of alkyl halides is 34. The van der Waals surface area contributed by atoms with Gasteiger partial charge in [-0.25, -0.2) is 35.1 Å². The molecule has 4 aliphatic heterocycles. The van der Waals surface area contributed by atoms with Crippen molar-refractivity contribution in [2.45, 2.75) is 272 Å². The molecule has 71 heteroatoms. The van der Waals surface area contributed by atoms with Gasteiger partial charge in [-0.05, 0) is 214 Å². The average molecular weight is 2410 g/mol. The normalized spacial score (nSPS) is 20.5. The lowest BCUT2D eigenvalue weighted by Crippen LogP contribution is -2.55. The highest BCUT2D eigenvalue weighted by molar-refractivity contribution is 6.79. The van der Waals surface area contributed by atoms with Gasteiger partial charge in [-0.15, -0.1) is 0 Å². The molecule has 2 aromatic rings. The zero-order valence-corrected chi connectivity index (χ0v) is 91.0. The van der Waals surface area contributed by atoms with E-state index in [9.17, 15) is 182 Å². The molecule has 0 radical (unpaired) electrons. The van der Waals surface area contributed by atoms with Crippen LogP contribution < -0.4 is 15.1 Å². The zero-order chi connectivity index (χ0) is 117. The Morgan fingerprint density at radius 1 is 0.365 bits per heavy atom. The van der Waals surface area contributed by atoms with Crippen LogP contribution in [0, 0.1) is 0 Å². The van der Waals surface area contributed by atoms with Gasteiger partial charge in [-0.2, -0.15) is 125 Å². The van der Waals surface area contributed by atoms with Gasteiger partial charge >= 0.3 is 92.4 Å². The van der Waals surface area contributed by atoms with Crippen LogP contribution in [0.15, 0.2) is 48.5 Å². The van der Waals surface area contributed by atoms with Gasteiger partial charge in [0, 0.05) is 99.5 Å². The van der Waals surface area contributed by atoms with E-state index in [4.69, 9.17) is 61.6 Å². The molecule has 4 saturated heterocycles. The number of aryl methyl sites for hydroxylation is 2. The van der Waals surface area contributed by atoms with E-state index >= 15 is 0 Å². The van der Waals surface area contributed by atoms with Crippen molar-refractivity contribution in [2.75, 3.05) is 132 Å². The third kappa shape index (κ3) is 95.2. The highest BCUT2D eigenvalue weighted by atomic mass is 28.4. The Bertz CT molecular complexity index is 3470. The lowest BCUT2D eigenvalue weighted by Gasteiger charge is -2.33. The van der Waals surface area contributed by atoms with E-state index in [2.05, 4.69) is 52.3 Å². The van der Waals surface area contributed by atoms with Crippen LogP contribution in [-0.2, 0) is 85.7 Å². The number of amides is 4. The molecular formula is C77H129F43N4O16Si8. The first-order chi connectivity index (χ1) is 68.3. The lowest BCUT2D eigenvalue weighted by atomic mass is 10.1. The van der Waals surface area contributed by atoms with Gasteiger partial charge in [0.2, 0.25) is 38.3 Å². The smallest absolute Gasteiger partial charge is 0.438 e. The SMILES string of the molecule is CF.CN(C(=O)CC(F)(F)F)c1cccc(CCCC[Si]2(C)CCCCO[SiH](C)O2)c1.CN(C(=O)CC(F)(F)F)c1cccc(CCC[Si]2(C)CCCCO[SiH](C)O2)c1.CN(CCC[Si]1(C)CCCCO[SiH](C)O1)C(=O)CC(F)(F)F.C[SiH]1OCCCC[Si](C)(CCCNC(=O)C(F)(OCF)C(F)(F)F)O1.FCC(F)(F)F.FCC(F)(F)F.FCC(F)(F)F.FCC(F)(F)F.FCOF.FCOF.FCOF.FF.FF.FF. The monoisotopic (exact) mass is 2410 g/mol. The maximum Gasteiger partial charge on any atom is 0.458 e. The molecular weight excluding hydrogens is 2280 g/mol. The number of hydrogen-bond donors (Lipinski definition) is 1. The van der Waals surface area contributed by atoms with Crippen LogP contribution >= 0.6 is 0 Å². The number of halogens is 43. The van der Waals surface area contributed by atoms with Crippen LogP contribution in [0.5, 0.6) is 0 Å². The minimum absolute atomic E-state index is 0.182. The first kappa shape index (κ1) is 160. The Kier molecular flexibility index (Phi) is 94.9. The van der Waals surface area contributed by atoms with E-state index in [1.54, 1.807) is 30.3 Å². The number of ether oxygens (including phenoxy) is 1. The van der Waals surface area contributed by atoms with E-state index in [-0.39, 0.29) is 6.54 Å². The summed E-state index contributed by atoms with van der Waals surface area (Å²) in [6, 6.07) is 22.4. The molecule has 886 valence electrons. The Balaban J connectivity index is -0.000000219. The summed E-state index contributed by atoms with van der Waals surface area (Å²) >= 11 is 0. The van der Waals surface area contributed by atoms with Crippen LogP contribution in [0.4, 0.5) is 202 Å². The average Bonchev–Trinajstić information content (AvgIpc) is 0.796. The lowest BCUT2D eigenvalue weighted by molar-refractivity contribution is -0.322. The van der Waals surface area contributed by atoms with E-state index in [0.29, 0.717) is 50.6 Å². The van der Waals surface area contributed by atoms with Gasteiger partial charge in [0.25, 0.3) is 5.91 Å². The van der Waals surface area contributed by atoms with Crippen molar-refractivity contribution in [1.82, 2.24) is 10.2 Å². The summed E-state index contributed by atoms with van der Waals surface area (Å²) in [6.45, 7) is 5.16. The first-order valence-corrected chi connectivity index (χ1v) is 63.2. The number of rotatable bonds is 28. The highest BCUT2D eigenvalue weighted by Gasteiger charge is 2.64. The van der Waals surface area contributed by atoms with E-state index in [0.717, 1.165) is 154 Å². The number of hydrogen-bond acceptors (Lipinski definition) is 16. The van der Waals surface area contributed by atoms with Crippen LogP contribution in [0.3, 0.4) is 0 Å². The Hall–Kier alpha value is -5.43. The molecule has 1 N–H and O–H groups in total. The molecule has 148 heavy (non-hydrogen) atoms. The molecule has 2 aromatic carbocycles. The van der Waals surface area contributed by atoms with Crippen LogP contribution in [0.1, 0.15) is 114 Å². The van der Waals surface area contributed by atoms with Crippen molar-refractivity contribution >= 4 is 105 Å². The topological polar surface area (TPSA) is 201 Å². The second kappa shape index (κ2) is 87.7. The zero-order valence-electron chi connectivity index (χ0n) is 82.3. The maximum absolute atomic E-state index is 13.7. The third-order valence-corrected chi connectivity index (χ3v) is 47.6. The van der Waals surface area contributed by atoms with Crippen molar-refractivity contribution in [3.8, 4) is 0 Å². The van der Waals surface area contributed by atoms with Gasteiger partial charge in [0.1, 0.15) is 19.3 Å². The van der Waals surface area contributed by atoms with Gasteiger partial charge < -0.3 is 54.2 Å². The van der Waals surface area contributed by atoms with Gasteiger partial charge in [-0.3, -0.25) is 28.3 Å². The molecule has 0 aromatic heterocycles. The van der Waals surface area contributed by atoms with Crippen molar-refractivity contribution in [3.63, 3.8) is 0 Å². The Morgan fingerprint density at radius 2 is 0.615 bits per heavy atom. The number of carbonyl (C=O) groups excluding carboxylic acids is 4. The molecule has 0 bridgehead atoms. The summed E-state index contributed by atoms with van der Waals surface area (Å²) in [4.78, 5) is 57.0. The minimum Gasteiger partial charge on any atom is -0.438 e. The quantitative estimate of drug-likeness (QED) is 0.0478. The van der Waals surface area contributed by atoms with Crippen LogP contribution in [0.25, 0.3) is 0 Å². The summed E-state index contributed by atoms with van der Waals surface area (Å²) < 4.78 is 510. The molecule has 9 atom stereocenters. The molecule has 4 heterocycles. The molecule has 6 rings (SSSR count). The summed E-state index contributed by atoms with van der Waals surface area (Å²) in [7, 11) is -9.04. The standard InChI is InChI=1S/C20H32F3NO3Si2.C19H30F3NO3Si2.C13H24F5NO4Si2.C13H26F3NO3Si2.4C2H2F4.3CH2F2O.CH3F.3F2/c1-24(19(25)16-20(21,22)23)18-11-8-10-17(15-18)9-4-6-13-29(3)14-7-5-12-26-28(2)27-29;1-23(18(24)15-19(20,21)22)17-10-6-8-16(14-17)9-7-13-28(3)12-5-4-11-25-27(2)26-28;1-24-22-7-3-4-8-25(2,23-24)9-5-6-19-11(20)12(15,21-10-14)13(16,17)18;1-17(12(18)11-13(14,15)16)7-6-10-22(3)9-5-4-8-19-21(2)20-22;4*3-1-2(4,5)6;3*2-1-4-3;4*1-2/h8,10-11,15,28H,4-7,9,12-14,16H2,1-3H3;6,8,10,14,27H,4-5,7,9,11-13,15H2,1-3H3;24H,3-10H2,1-2H3,(H,19,20);21H,4-11H2,1-3H3;4*1H2;3*1H2;1H3;;;. The van der Waals surface area contributed by atoms with E-state index < -0.39 is 223 Å². The van der Waals surface area contributed by atoms with Crippen LogP contribution in [-0.4, -0.2) is 276 Å². The summed E-state index contributed by atoms with van der Waals surface area (Å²) in [6.07, 6.45) is -27.6. The first-order valence-electron chi connectivity index (χ1n) is 43.6. The largest absolute Gasteiger partial charge is 0.458 e. The molecule has 4 aliphatic rings. The highest BCUT2D eigenvalue weighted by Crippen LogP contribution is 2.38. The fourth-order valence-electron chi connectivity index (χ4n) is 12.6. The fraction of sp³-hybridized carbons (Fsp3) is 0.792. The second-order valence-electron chi connectivity index (χ2n) is 31.8. The number of nitrogens with zero attached hydrogens (tertiary/aromatic N) is 3. The molecule has 0 spiro atoms. The number of benzene rings is 2. The van der Waals surface area contributed by atoms with Gasteiger partial charge in [0.15, 0.2) is 66.8 Å². The van der Waals surface area contributed by atoms with Crippen molar-refractivity contribution in [2.24, 2.45) is 0 Å². The van der Waals surface area contributed by atoms with E-state index in [1.165, 1.54) is 38.5 Å². The van der Waals surface area contributed by atoms with Gasteiger partial charge in [-0.1, -0.05) is 56.4 Å². The third-order valence-electron chi connectivity index (χ3n) is 19.0. The molecule has 9 unspecified atom stereocenters. The minimum atomic E-state index is -5.66. The molecule has 4 amide bonds. The summed E-state index contributed by atoms with van der Waals surface area (Å²) in [5.74, 6) is -9.50. The summed E-state index contributed by atoms with van der Waals surface area (Å²) in [5, 5.41) is 1.83. The Morgan fingerprint density at radius 3 is 0.865 bits per heavy atom. The number of unbranched alkanes of at least 4 members (excludes halogenated alkanes) is 1. The van der Waals surface area contributed by atoms with Crippen molar-refractivity contribution in [3.05, 3.63) is 59.7 Å².